The zero-order chi connectivity index (χ0) is 13.8. The van der Waals surface area contributed by atoms with E-state index in [4.69, 9.17) is 0 Å². The molecule has 1 fully saturated rings. The molecular formula is C12H25N3O2S. The summed E-state index contributed by atoms with van der Waals surface area (Å²) >= 11 is 0. The molecule has 0 aromatic heterocycles. The first-order chi connectivity index (χ1) is 8.26. The maximum atomic E-state index is 11.9. The predicted molar refractivity (Wildman–Crippen MR) is 75.7 cm³/mol. The van der Waals surface area contributed by atoms with E-state index in [0.717, 1.165) is 12.5 Å². The van der Waals surface area contributed by atoms with Gasteiger partial charge in [-0.05, 0) is 40.5 Å². The fourth-order valence-electron chi connectivity index (χ4n) is 1.32. The van der Waals surface area contributed by atoms with Crippen LogP contribution < -0.4 is 10.6 Å². The number of nitrogens with zero attached hydrogens (tertiary/aromatic N) is 1. The van der Waals surface area contributed by atoms with Gasteiger partial charge in [0.1, 0.15) is 0 Å². The lowest BCUT2D eigenvalue weighted by atomic mass is 10.3. The molecule has 0 aromatic rings. The quantitative estimate of drug-likeness (QED) is 0.578. The van der Waals surface area contributed by atoms with Crippen LogP contribution in [0.1, 0.15) is 40.5 Å². The SMILES string of the molecule is CCNC(=NCCS(=O)(=O)C(C)(C)C)NC1CC1. The maximum Gasteiger partial charge on any atom is 0.191 e. The first-order valence-electron chi connectivity index (χ1n) is 6.53. The Kier molecular flexibility index (Phi) is 5.01. The van der Waals surface area contributed by atoms with Crippen molar-refractivity contribution >= 4 is 15.8 Å². The van der Waals surface area contributed by atoms with Gasteiger partial charge in [-0.1, -0.05) is 0 Å². The molecule has 18 heavy (non-hydrogen) atoms. The Hall–Kier alpha value is -0.780. The van der Waals surface area contributed by atoms with E-state index in [0.29, 0.717) is 12.6 Å². The van der Waals surface area contributed by atoms with E-state index in [2.05, 4.69) is 15.6 Å². The summed E-state index contributed by atoms with van der Waals surface area (Å²) in [6.45, 7) is 8.25. The number of nitrogens with one attached hydrogen (secondary N) is 2. The van der Waals surface area contributed by atoms with Gasteiger partial charge in [0.15, 0.2) is 15.8 Å². The molecule has 106 valence electrons. The largest absolute Gasteiger partial charge is 0.357 e. The average Bonchev–Trinajstić information content (AvgIpc) is 2.99. The van der Waals surface area contributed by atoms with Gasteiger partial charge in [0.05, 0.1) is 17.0 Å². The molecule has 0 radical (unpaired) electrons. The zero-order valence-corrected chi connectivity index (χ0v) is 12.6. The average molecular weight is 275 g/mol. The van der Waals surface area contributed by atoms with Crippen LogP contribution in [0.5, 0.6) is 0 Å². The third-order valence-electron chi connectivity index (χ3n) is 2.83. The van der Waals surface area contributed by atoms with Crippen LogP contribution in [0.2, 0.25) is 0 Å². The van der Waals surface area contributed by atoms with Gasteiger partial charge in [0.2, 0.25) is 0 Å². The van der Waals surface area contributed by atoms with Gasteiger partial charge < -0.3 is 10.6 Å². The number of sulfone groups is 1. The van der Waals surface area contributed by atoms with Gasteiger partial charge >= 0.3 is 0 Å². The number of hydrogen-bond donors (Lipinski definition) is 2. The fraction of sp³-hybridized carbons (Fsp3) is 0.917. The van der Waals surface area contributed by atoms with Crippen LogP contribution in [-0.2, 0) is 9.84 Å². The molecule has 0 heterocycles. The van der Waals surface area contributed by atoms with Crippen molar-refractivity contribution in [2.24, 2.45) is 4.99 Å². The zero-order valence-electron chi connectivity index (χ0n) is 11.8. The van der Waals surface area contributed by atoms with Crippen molar-refractivity contribution in [3.05, 3.63) is 0 Å². The molecule has 6 heteroatoms. The molecule has 2 N–H and O–H groups in total. The Labute approximate surface area is 110 Å². The van der Waals surface area contributed by atoms with E-state index in [-0.39, 0.29) is 5.75 Å². The molecule has 1 aliphatic carbocycles. The monoisotopic (exact) mass is 275 g/mol. The molecule has 0 spiro atoms. The summed E-state index contributed by atoms with van der Waals surface area (Å²) in [5.74, 6) is 0.821. The molecule has 0 unspecified atom stereocenters. The van der Waals surface area contributed by atoms with Gasteiger partial charge in [-0.3, -0.25) is 4.99 Å². The summed E-state index contributed by atoms with van der Waals surface area (Å²) in [6, 6.07) is 0.516. The van der Waals surface area contributed by atoms with Gasteiger partial charge in [-0.15, -0.1) is 0 Å². The van der Waals surface area contributed by atoms with Crippen LogP contribution in [0, 0.1) is 0 Å². The van der Waals surface area contributed by atoms with E-state index < -0.39 is 14.6 Å². The van der Waals surface area contributed by atoms with Crippen molar-refractivity contribution < 1.29 is 8.42 Å². The highest BCUT2D eigenvalue weighted by molar-refractivity contribution is 7.92. The second-order valence-corrected chi connectivity index (χ2v) is 8.47. The Morgan fingerprint density at radius 1 is 1.33 bits per heavy atom. The van der Waals surface area contributed by atoms with Crippen LogP contribution in [-0.4, -0.2) is 44.0 Å². The summed E-state index contributed by atoms with van der Waals surface area (Å²) in [5.41, 5.74) is 0. The Morgan fingerprint density at radius 3 is 2.39 bits per heavy atom. The third-order valence-corrected chi connectivity index (χ3v) is 5.41. The lowest BCUT2D eigenvalue weighted by Crippen LogP contribution is -2.39. The van der Waals surface area contributed by atoms with Crippen LogP contribution in [0.3, 0.4) is 0 Å². The molecule has 0 saturated heterocycles. The van der Waals surface area contributed by atoms with Gasteiger partial charge in [-0.2, -0.15) is 0 Å². The molecule has 0 amide bonds. The molecule has 0 atom stereocenters. The van der Waals surface area contributed by atoms with Crippen molar-refractivity contribution in [3.8, 4) is 0 Å². The van der Waals surface area contributed by atoms with E-state index in [1.807, 2.05) is 6.92 Å². The first-order valence-corrected chi connectivity index (χ1v) is 8.18. The summed E-state index contributed by atoms with van der Waals surface area (Å²) in [5, 5.41) is 6.38. The predicted octanol–water partition coefficient (Wildman–Crippen LogP) is 0.917. The van der Waals surface area contributed by atoms with E-state index in [1.54, 1.807) is 20.8 Å². The molecule has 0 bridgehead atoms. The smallest absolute Gasteiger partial charge is 0.191 e. The second-order valence-electron chi connectivity index (χ2n) is 5.61. The van der Waals surface area contributed by atoms with Gasteiger partial charge in [-0.25, -0.2) is 8.42 Å². The van der Waals surface area contributed by atoms with E-state index in [1.165, 1.54) is 12.8 Å². The molecule has 1 aliphatic rings. The number of rotatable bonds is 5. The van der Waals surface area contributed by atoms with Crippen molar-refractivity contribution in [3.63, 3.8) is 0 Å². The molecular weight excluding hydrogens is 250 g/mol. The van der Waals surface area contributed by atoms with Gasteiger partial charge in [0, 0.05) is 12.6 Å². The highest BCUT2D eigenvalue weighted by Gasteiger charge is 2.28. The van der Waals surface area contributed by atoms with Crippen LogP contribution in [0.25, 0.3) is 0 Å². The van der Waals surface area contributed by atoms with Crippen LogP contribution in [0.4, 0.5) is 0 Å². The maximum absolute atomic E-state index is 11.9. The topological polar surface area (TPSA) is 70.6 Å². The van der Waals surface area contributed by atoms with Crippen molar-refractivity contribution in [2.45, 2.75) is 51.3 Å². The second kappa shape index (κ2) is 5.91. The lowest BCUT2D eigenvalue weighted by Gasteiger charge is -2.18. The minimum absolute atomic E-state index is 0.0950. The Morgan fingerprint density at radius 2 is 1.94 bits per heavy atom. The minimum Gasteiger partial charge on any atom is -0.357 e. The molecule has 5 nitrogen and oxygen atoms in total. The van der Waals surface area contributed by atoms with Crippen LogP contribution >= 0.6 is 0 Å². The molecule has 0 aliphatic heterocycles. The summed E-state index contributed by atoms with van der Waals surface area (Å²) in [7, 11) is -3.08. The highest BCUT2D eigenvalue weighted by atomic mass is 32.2. The minimum atomic E-state index is -3.08. The summed E-state index contributed by atoms with van der Waals surface area (Å²) < 4.78 is 23.1. The van der Waals surface area contributed by atoms with Crippen molar-refractivity contribution in [1.82, 2.24) is 10.6 Å². The fourth-order valence-corrected chi connectivity index (χ4v) is 2.27. The van der Waals surface area contributed by atoms with Gasteiger partial charge in [0.25, 0.3) is 0 Å². The van der Waals surface area contributed by atoms with Crippen molar-refractivity contribution in [2.75, 3.05) is 18.8 Å². The highest BCUT2D eigenvalue weighted by Crippen LogP contribution is 2.18. The number of aliphatic imine (C=N–C) groups is 1. The Bertz CT molecular complexity index is 392. The number of hydrogen-bond acceptors (Lipinski definition) is 3. The van der Waals surface area contributed by atoms with E-state index in [9.17, 15) is 8.42 Å². The summed E-state index contributed by atoms with van der Waals surface area (Å²) in [6.07, 6.45) is 2.34. The third kappa shape index (κ3) is 4.84. The van der Waals surface area contributed by atoms with Crippen LogP contribution in [0.15, 0.2) is 4.99 Å². The van der Waals surface area contributed by atoms with E-state index >= 15 is 0 Å². The summed E-state index contributed by atoms with van der Waals surface area (Å²) in [4.78, 5) is 4.31. The molecule has 1 rings (SSSR count). The molecule has 0 aromatic carbocycles. The number of guanidine groups is 1. The normalized spacial score (nSPS) is 17.7. The Balaban J connectivity index is 2.49. The standard InChI is InChI=1S/C12H25N3O2S/c1-5-13-11(15-10-6-7-10)14-8-9-18(16,17)12(2,3)4/h10H,5-9H2,1-4H3,(H2,13,14,15). The van der Waals surface area contributed by atoms with Crippen molar-refractivity contribution in [1.29, 1.82) is 0 Å². The lowest BCUT2D eigenvalue weighted by molar-refractivity contribution is 0.560. The molecule has 1 saturated carbocycles. The first kappa shape index (κ1) is 15.3.